The van der Waals surface area contributed by atoms with Crippen molar-refractivity contribution in [3.63, 3.8) is 0 Å². The van der Waals surface area contributed by atoms with Gasteiger partial charge in [0.1, 0.15) is 5.82 Å². The molecule has 0 atom stereocenters. The maximum atomic E-state index is 13.0. The van der Waals surface area contributed by atoms with Gasteiger partial charge in [0, 0.05) is 43.0 Å². The molecule has 0 aliphatic heterocycles. The molecule has 0 unspecified atom stereocenters. The molecule has 1 heterocycles. The van der Waals surface area contributed by atoms with Crippen LogP contribution in [0, 0.1) is 6.92 Å². The van der Waals surface area contributed by atoms with E-state index in [1.165, 1.54) is 6.07 Å². The molecular formula is C31H33N5O4S. The highest BCUT2D eigenvalue weighted by atomic mass is 32.2. The number of aryl methyl sites for hydroxylation is 1. The lowest BCUT2D eigenvalue weighted by molar-refractivity contribution is -0.117. The van der Waals surface area contributed by atoms with Crippen molar-refractivity contribution >= 4 is 39.2 Å². The molecule has 10 heteroatoms. The normalized spacial score (nSPS) is 11.0. The van der Waals surface area contributed by atoms with E-state index in [4.69, 9.17) is 4.98 Å². The Hall–Kier alpha value is -4.70. The zero-order valence-electron chi connectivity index (χ0n) is 23.2. The van der Waals surface area contributed by atoms with Gasteiger partial charge in [0.25, 0.3) is 10.0 Å². The zero-order valence-corrected chi connectivity index (χ0v) is 24.0. The van der Waals surface area contributed by atoms with Crippen LogP contribution in [0.4, 0.5) is 22.0 Å². The van der Waals surface area contributed by atoms with Crippen molar-refractivity contribution in [1.29, 1.82) is 0 Å². The lowest BCUT2D eigenvalue weighted by Crippen LogP contribution is -2.28. The number of anilines is 3. The van der Waals surface area contributed by atoms with Crippen molar-refractivity contribution in [2.24, 2.45) is 0 Å². The number of amides is 3. The van der Waals surface area contributed by atoms with Crippen molar-refractivity contribution in [2.75, 3.05) is 22.1 Å². The van der Waals surface area contributed by atoms with Gasteiger partial charge in [-0.25, -0.2) is 22.9 Å². The molecule has 3 aromatic carbocycles. The van der Waals surface area contributed by atoms with Gasteiger partial charge in [-0.3, -0.25) is 4.79 Å². The smallest absolute Gasteiger partial charge is 0.323 e. The molecule has 3 N–H and O–H groups in total. The molecule has 212 valence electrons. The van der Waals surface area contributed by atoms with Crippen LogP contribution in [0.3, 0.4) is 0 Å². The third-order valence-corrected chi connectivity index (χ3v) is 7.63. The van der Waals surface area contributed by atoms with Crippen molar-refractivity contribution in [2.45, 2.75) is 38.6 Å². The number of rotatable bonds is 10. The van der Waals surface area contributed by atoms with Crippen LogP contribution in [-0.2, 0) is 21.4 Å². The van der Waals surface area contributed by atoms with Crippen molar-refractivity contribution in [3.8, 4) is 11.3 Å². The van der Waals surface area contributed by atoms with E-state index in [-0.39, 0.29) is 4.90 Å². The van der Waals surface area contributed by atoms with E-state index >= 15 is 0 Å². The summed E-state index contributed by atoms with van der Waals surface area (Å²) < 4.78 is 28.1. The molecule has 41 heavy (non-hydrogen) atoms. The molecule has 9 nitrogen and oxygen atoms in total. The van der Waals surface area contributed by atoms with Crippen LogP contribution >= 0.6 is 0 Å². The second-order valence-corrected chi connectivity index (χ2v) is 11.3. The minimum atomic E-state index is -4.16. The van der Waals surface area contributed by atoms with Gasteiger partial charge >= 0.3 is 6.03 Å². The SMILES string of the molecule is CCCN(Cc1ccccc1)c1cc(NC(=O)Nc2ccc(C)cc2)cc(-c2ccccc2S(=O)(=O)NC(C)=O)n1. The highest BCUT2D eigenvalue weighted by Gasteiger charge is 2.22. The van der Waals surface area contributed by atoms with Crippen molar-refractivity contribution in [1.82, 2.24) is 9.71 Å². The quantitative estimate of drug-likeness (QED) is 0.217. The summed E-state index contributed by atoms with van der Waals surface area (Å²) >= 11 is 0. The van der Waals surface area contributed by atoms with Crippen molar-refractivity contribution in [3.05, 3.63) is 102 Å². The highest BCUT2D eigenvalue weighted by Crippen LogP contribution is 2.31. The van der Waals surface area contributed by atoms with Crippen LogP contribution in [0.5, 0.6) is 0 Å². The number of benzene rings is 3. The molecule has 3 amide bonds. The van der Waals surface area contributed by atoms with E-state index < -0.39 is 22.0 Å². The first-order chi connectivity index (χ1) is 19.6. The number of aromatic nitrogens is 1. The monoisotopic (exact) mass is 571 g/mol. The van der Waals surface area contributed by atoms with E-state index in [0.717, 1.165) is 24.5 Å². The molecule has 0 aliphatic rings. The van der Waals surface area contributed by atoms with E-state index in [1.54, 1.807) is 30.3 Å². The van der Waals surface area contributed by atoms with E-state index in [0.29, 0.717) is 41.5 Å². The Morgan fingerprint density at radius 2 is 1.51 bits per heavy atom. The summed E-state index contributed by atoms with van der Waals surface area (Å²) in [6, 6.07) is 26.6. The van der Waals surface area contributed by atoms with Gasteiger partial charge in [0.2, 0.25) is 5.91 Å². The Balaban J connectivity index is 1.78. The second kappa shape index (κ2) is 13.1. The molecule has 0 fully saturated rings. The molecule has 0 spiro atoms. The lowest BCUT2D eigenvalue weighted by Gasteiger charge is -2.25. The predicted octanol–water partition coefficient (Wildman–Crippen LogP) is 5.94. The van der Waals surface area contributed by atoms with E-state index in [1.807, 2.05) is 66.2 Å². The summed E-state index contributed by atoms with van der Waals surface area (Å²) in [5, 5.41) is 5.69. The number of nitrogens with one attached hydrogen (secondary N) is 3. The predicted molar refractivity (Wildman–Crippen MR) is 162 cm³/mol. The van der Waals surface area contributed by atoms with Crippen LogP contribution in [0.1, 0.15) is 31.4 Å². The third kappa shape index (κ3) is 7.92. The molecule has 1 aromatic heterocycles. The summed E-state index contributed by atoms with van der Waals surface area (Å²) in [5.41, 5.74) is 3.82. The van der Waals surface area contributed by atoms with Gasteiger partial charge in [-0.1, -0.05) is 73.2 Å². The Kier molecular flexibility index (Phi) is 9.36. The van der Waals surface area contributed by atoms with Crippen LogP contribution in [0.15, 0.2) is 95.9 Å². The van der Waals surface area contributed by atoms with Gasteiger partial charge in [-0.15, -0.1) is 0 Å². The zero-order chi connectivity index (χ0) is 29.4. The number of hydrogen-bond acceptors (Lipinski definition) is 6. The van der Waals surface area contributed by atoms with Crippen LogP contribution in [0.25, 0.3) is 11.3 Å². The summed E-state index contributed by atoms with van der Waals surface area (Å²) in [7, 11) is -4.16. The number of hydrogen-bond donors (Lipinski definition) is 3. The molecule has 4 rings (SSSR count). The number of carbonyl (C=O) groups is 2. The van der Waals surface area contributed by atoms with Crippen LogP contribution in [-0.4, -0.2) is 31.9 Å². The fourth-order valence-electron chi connectivity index (χ4n) is 4.32. The molecule has 0 saturated heterocycles. The number of urea groups is 1. The van der Waals surface area contributed by atoms with Gasteiger partial charge in [0.15, 0.2) is 0 Å². The largest absolute Gasteiger partial charge is 0.352 e. The minimum absolute atomic E-state index is 0.0972. The number of pyridine rings is 1. The fourth-order valence-corrected chi connectivity index (χ4v) is 5.53. The third-order valence-electron chi connectivity index (χ3n) is 6.14. The summed E-state index contributed by atoms with van der Waals surface area (Å²) in [6.07, 6.45) is 0.836. The first kappa shape index (κ1) is 29.3. The summed E-state index contributed by atoms with van der Waals surface area (Å²) in [4.78, 5) is 31.4. The Morgan fingerprint density at radius 3 is 2.20 bits per heavy atom. The summed E-state index contributed by atoms with van der Waals surface area (Å²) in [5.74, 6) is -0.140. The number of sulfonamides is 1. The molecular weight excluding hydrogens is 538 g/mol. The molecule has 0 radical (unpaired) electrons. The Labute approximate surface area is 240 Å². The molecule has 4 aromatic rings. The minimum Gasteiger partial charge on any atom is -0.352 e. The average molecular weight is 572 g/mol. The lowest BCUT2D eigenvalue weighted by atomic mass is 10.1. The molecule has 0 saturated carbocycles. The van der Waals surface area contributed by atoms with Gasteiger partial charge < -0.3 is 15.5 Å². The topological polar surface area (TPSA) is 121 Å². The van der Waals surface area contributed by atoms with Crippen LogP contribution < -0.4 is 20.3 Å². The maximum Gasteiger partial charge on any atom is 0.323 e. The maximum absolute atomic E-state index is 13.0. The molecule has 0 aliphatic carbocycles. The Bertz CT molecular complexity index is 1620. The molecule has 0 bridgehead atoms. The fraction of sp³-hybridized carbons (Fsp3) is 0.194. The first-order valence-electron chi connectivity index (χ1n) is 13.2. The average Bonchev–Trinajstić information content (AvgIpc) is 2.94. The van der Waals surface area contributed by atoms with E-state index in [9.17, 15) is 18.0 Å². The van der Waals surface area contributed by atoms with E-state index in [2.05, 4.69) is 22.5 Å². The van der Waals surface area contributed by atoms with Crippen molar-refractivity contribution < 1.29 is 18.0 Å². The highest BCUT2D eigenvalue weighted by molar-refractivity contribution is 7.90. The van der Waals surface area contributed by atoms with Crippen LogP contribution in [0.2, 0.25) is 0 Å². The number of carbonyl (C=O) groups excluding carboxylic acids is 2. The van der Waals surface area contributed by atoms with Gasteiger partial charge in [-0.05, 0) is 43.2 Å². The number of nitrogens with zero attached hydrogens (tertiary/aromatic N) is 2. The summed E-state index contributed by atoms with van der Waals surface area (Å²) in [6.45, 7) is 6.40. The van der Waals surface area contributed by atoms with Gasteiger partial charge in [0.05, 0.1) is 10.6 Å². The Morgan fingerprint density at radius 1 is 0.854 bits per heavy atom. The standard InChI is InChI=1S/C31H33N5O4S/c1-4-18-36(21-24-10-6-5-7-11-24)30-20-26(33-31(38)32-25-16-14-22(2)15-17-25)19-28(34-30)27-12-8-9-13-29(27)41(39,40)35-23(3)37/h5-17,19-20H,4,18,21H2,1-3H3,(H,35,37)(H2,32,33,34,38). The second-order valence-electron chi connectivity index (χ2n) is 9.61. The van der Waals surface area contributed by atoms with Gasteiger partial charge in [-0.2, -0.15) is 0 Å². The first-order valence-corrected chi connectivity index (χ1v) is 14.7.